The van der Waals surface area contributed by atoms with Gasteiger partial charge in [0, 0.05) is 43.5 Å². The summed E-state index contributed by atoms with van der Waals surface area (Å²) in [6.07, 6.45) is 6.81. The summed E-state index contributed by atoms with van der Waals surface area (Å²) < 4.78 is 0. The largest absolute Gasteiger partial charge is 0.355 e. The summed E-state index contributed by atoms with van der Waals surface area (Å²) in [5.74, 6) is 0.819. The van der Waals surface area contributed by atoms with Crippen molar-refractivity contribution in [3.05, 3.63) is 48.2 Å². The Labute approximate surface area is 159 Å². The van der Waals surface area contributed by atoms with Gasteiger partial charge >= 0.3 is 0 Å². The predicted molar refractivity (Wildman–Crippen MR) is 106 cm³/mol. The standard InChI is InChI=1S/C21H24N4O2/c26-19-7-5-15-25(19)17-10-8-16(9-11-17)21(27)23-18-6-4-12-22-20(18)24-13-2-1-3-14-24/h4,6,8-12H,1-3,5,7,13-15H2,(H,23,27). The molecule has 6 nitrogen and oxygen atoms in total. The second-order valence-corrected chi connectivity index (χ2v) is 7.07. The second kappa shape index (κ2) is 7.78. The monoisotopic (exact) mass is 364 g/mol. The van der Waals surface area contributed by atoms with Crippen LogP contribution in [0.25, 0.3) is 0 Å². The summed E-state index contributed by atoms with van der Waals surface area (Å²) in [6.45, 7) is 2.69. The molecule has 4 rings (SSSR count). The van der Waals surface area contributed by atoms with Crippen LogP contribution in [0.2, 0.25) is 0 Å². The van der Waals surface area contributed by atoms with E-state index in [1.54, 1.807) is 23.2 Å². The number of carbonyl (C=O) groups is 2. The van der Waals surface area contributed by atoms with Gasteiger partial charge in [0.15, 0.2) is 5.82 Å². The smallest absolute Gasteiger partial charge is 0.255 e. The third-order valence-corrected chi connectivity index (χ3v) is 5.21. The number of hydrogen-bond acceptors (Lipinski definition) is 4. The van der Waals surface area contributed by atoms with E-state index in [4.69, 9.17) is 0 Å². The van der Waals surface area contributed by atoms with Crippen molar-refractivity contribution in [1.82, 2.24) is 4.98 Å². The molecule has 27 heavy (non-hydrogen) atoms. The number of pyridine rings is 1. The van der Waals surface area contributed by atoms with E-state index in [9.17, 15) is 9.59 Å². The Bertz CT molecular complexity index is 828. The Morgan fingerprint density at radius 2 is 1.74 bits per heavy atom. The van der Waals surface area contributed by atoms with Crippen molar-refractivity contribution in [2.45, 2.75) is 32.1 Å². The Kier molecular flexibility index (Phi) is 5.05. The summed E-state index contributed by atoms with van der Waals surface area (Å²) in [7, 11) is 0. The van der Waals surface area contributed by atoms with Gasteiger partial charge in [-0.2, -0.15) is 0 Å². The fourth-order valence-corrected chi connectivity index (χ4v) is 3.76. The first-order valence-corrected chi connectivity index (χ1v) is 9.64. The molecule has 2 amide bonds. The molecule has 0 bridgehead atoms. The van der Waals surface area contributed by atoms with E-state index in [-0.39, 0.29) is 11.8 Å². The zero-order valence-corrected chi connectivity index (χ0v) is 15.4. The maximum Gasteiger partial charge on any atom is 0.255 e. The minimum atomic E-state index is -0.166. The number of carbonyl (C=O) groups excluding carboxylic acids is 2. The summed E-state index contributed by atoms with van der Waals surface area (Å²) in [5.41, 5.74) is 2.16. The van der Waals surface area contributed by atoms with Gasteiger partial charge in [0.25, 0.3) is 5.91 Å². The van der Waals surface area contributed by atoms with E-state index in [2.05, 4.69) is 15.2 Å². The van der Waals surface area contributed by atoms with E-state index < -0.39 is 0 Å². The molecule has 0 spiro atoms. The maximum atomic E-state index is 12.7. The summed E-state index contributed by atoms with van der Waals surface area (Å²) in [6, 6.07) is 11.0. The third kappa shape index (κ3) is 3.79. The molecule has 2 aliphatic heterocycles. The van der Waals surface area contributed by atoms with E-state index in [1.807, 2.05) is 24.3 Å². The first-order chi connectivity index (χ1) is 13.2. The number of amides is 2. The Morgan fingerprint density at radius 3 is 2.44 bits per heavy atom. The highest BCUT2D eigenvalue weighted by atomic mass is 16.2. The van der Waals surface area contributed by atoms with Crippen LogP contribution in [-0.2, 0) is 4.79 Å². The van der Waals surface area contributed by atoms with Gasteiger partial charge in [-0.15, -0.1) is 0 Å². The Balaban J connectivity index is 1.48. The molecule has 2 saturated heterocycles. The van der Waals surface area contributed by atoms with E-state index >= 15 is 0 Å². The van der Waals surface area contributed by atoms with Crippen molar-refractivity contribution >= 4 is 29.0 Å². The number of piperidine rings is 1. The molecule has 1 aromatic carbocycles. The van der Waals surface area contributed by atoms with Crippen molar-refractivity contribution < 1.29 is 9.59 Å². The molecule has 2 fully saturated rings. The van der Waals surface area contributed by atoms with Gasteiger partial charge in [-0.05, 0) is 62.1 Å². The SMILES string of the molecule is O=C(Nc1cccnc1N1CCCCC1)c1ccc(N2CCCC2=O)cc1. The van der Waals surface area contributed by atoms with Crippen LogP contribution in [0.5, 0.6) is 0 Å². The van der Waals surface area contributed by atoms with Gasteiger partial charge in [-0.1, -0.05) is 0 Å². The van der Waals surface area contributed by atoms with E-state index in [1.165, 1.54) is 6.42 Å². The molecule has 0 unspecified atom stereocenters. The first-order valence-electron chi connectivity index (χ1n) is 9.64. The summed E-state index contributed by atoms with van der Waals surface area (Å²) in [5, 5.41) is 3.00. The average Bonchev–Trinajstić information content (AvgIpc) is 3.15. The number of hydrogen-bond donors (Lipinski definition) is 1. The van der Waals surface area contributed by atoms with E-state index in [0.29, 0.717) is 12.0 Å². The van der Waals surface area contributed by atoms with Crippen LogP contribution >= 0.6 is 0 Å². The van der Waals surface area contributed by atoms with Gasteiger partial charge in [0.05, 0.1) is 5.69 Å². The number of benzene rings is 1. The molecule has 1 N–H and O–H groups in total. The lowest BCUT2D eigenvalue weighted by Gasteiger charge is -2.29. The van der Waals surface area contributed by atoms with Crippen molar-refractivity contribution in [3.63, 3.8) is 0 Å². The van der Waals surface area contributed by atoms with E-state index in [0.717, 1.165) is 56.1 Å². The molecule has 0 radical (unpaired) electrons. The fourth-order valence-electron chi connectivity index (χ4n) is 3.76. The predicted octanol–water partition coefficient (Wildman–Crippen LogP) is 3.45. The molecule has 0 atom stereocenters. The topological polar surface area (TPSA) is 65.5 Å². The lowest BCUT2D eigenvalue weighted by Crippen LogP contribution is -2.31. The number of anilines is 3. The quantitative estimate of drug-likeness (QED) is 0.902. The first kappa shape index (κ1) is 17.5. The Hall–Kier alpha value is -2.89. The van der Waals surface area contributed by atoms with Crippen LogP contribution in [0.4, 0.5) is 17.2 Å². The van der Waals surface area contributed by atoms with Crippen molar-refractivity contribution in [2.24, 2.45) is 0 Å². The molecule has 0 aliphatic carbocycles. The lowest BCUT2D eigenvalue weighted by atomic mass is 10.1. The molecular formula is C21H24N4O2. The van der Waals surface area contributed by atoms with Crippen molar-refractivity contribution in [2.75, 3.05) is 34.8 Å². The molecule has 0 saturated carbocycles. The summed E-state index contributed by atoms with van der Waals surface area (Å²) in [4.78, 5) is 33.1. The van der Waals surface area contributed by atoms with Crippen molar-refractivity contribution in [1.29, 1.82) is 0 Å². The molecule has 3 heterocycles. The number of rotatable bonds is 4. The highest BCUT2D eigenvalue weighted by Gasteiger charge is 2.22. The molecule has 1 aromatic heterocycles. The van der Waals surface area contributed by atoms with Gasteiger partial charge in [-0.25, -0.2) is 4.98 Å². The zero-order chi connectivity index (χ0) is 18.6. The van der Waals surface area contributed by atoms with Crippen LogP contribution in [0.3, 0.4) is 0 Å². The summed E-state index contributed by atoms with van der Waals surface area (Å²) >= 11 is 0. The molecule has 140 valence electrons. The normalized spacial score (nSPS) is 17.3. The lowest BCUT2D eigenvalue weighted by molar-refractivity contribution is -0.117. The van der Waals surface area contributed by atoms with Gasteiger partial charge < -0.3 is 15.1 Å². The average molecular weight is 364 g/mol. The fraction of sp³-hybridized carbons (Fsp3) is 0.381. The Morgan fingerprint density at radius 1 is 0.963 bits per heavy atom. The van der Waals surface area contributed by atoms with Gasteiger partial charge in [-0.3, -0.25) is 9.59 Å². The van der Waals surface area contributed by atoms with Crippen LogP contribution in [0, 0.1) is 0 Å². The van der Waals surface area contributed by atoms with Gasteiger partial charge in [0.2, 0.25) is 5.91 Å². The molecule has 6 heteroatoms. The van der Waals surface area contributed by atoms with Crippen molar-refractivity contribution in [3.8, 4) is 0 Å². The zero-order valence-electron chi connectivity index (χ0n) is 15.4. The minimum Gasteiger partial charge on any atom is -0.355 e. The number of nitrogens with one attached hydrogen (secondary N) is 1. The highest BCUT2D eigenvalue weighted by Crippen LogP contribution is 2.27. The van der Waals surface area contributed by atoms with Gasteiger partial charge in [0.1, 0.15) is 0 Å². The second-order valence-electron chi connectivity index (χ2n) is 7.07. The molecular weight excluding hydrogens is 340 g/mol. The number of nitrogens with zero attached hydrogens (tertiary/aromatic N) is 3. The highest BCUT2D eigenvalue weighted by molar-refractivity contribution is 6.06. The van der Waals surface area contributed by atoms with Crippen LogP contribution in [0.15, 0.2) is 42.6 Å². The van der Waals surface area contributed by atoms with Crippen LogP contribution < -0.4 is 15.1 Å². The molecule has 2 aromatic rings. The maximum absolute atomic E-state index is 12.7. The third-order valence-electron chi connectivity index (χ3n) is 5.21. The molecule has 2 aliphatic rings. The minimum absolute atomic E-state index is 0.147. The van der Waals surface area contributed by atoms with Crippen LogP contribution in [-0.4, -0.2) is 36.4 Å². The number of aromatic nitrogens is 1. The van der Waals surface area contributed by atoms with Crippen LogP contribution in [0.1, 0.15) is 42.5 Å².